The number of carbonyl (C=O) groups is 1. The van der Waals surface area contributed by atoms with Crippen molar-refractivity contribution < 1.29 is 9.90 Å². The molecule has 0 aliphatic carbocycles. The van der Waals surface area contributed by atoms with Gasteiger partial charge in [-0.3, -0.25) is 0 Å². The summed E-state index contributed by atoms with van der Waals surface area (Å²) in [6.07, 6.45) is 1.68. The average Bonchev–Trinajstić information content (AvgIpc) is 2.04. The van der Waals surface area contributed by atoms with Gasteiger partial charge in [0, 0.05) is 6.20 Å². The Morgan fingerprint density at radius 3 is 2.69 bits per heavy atom. The van der Waals surface area contributed by atoms with E-state index >= 15 is 0 Å². The van der Waals surface area contributed by atoms with Gasteiger partial charge in [-0.15, -0.1) is 0 Å². The molecule has 0 atom stereocenters. The molecule has 70 valence electrons. The van der Waals surface area contributed by atoms with E-state index in [2.05, 4.69) is 20.9 Å². The van der Waals surface area contributed by atoms with Crippen molar-refractivity contribution in [2.75, 3.05) is 0 Å². The molecule has 0 amide bonds. The van der Waals surface area contributed by atoms with Crippen LogP contribution in [-0.2, 0) is 0 Å². The molecule has 1 heterocycles. The van der Waals surface area contributed by atoms with E-state index in [-0.39, 0.29) is 5.56 Å². The lowest BCUT2D eigenvalue weighted by Crippen LogP contribution is -2.01. The van der Waals surface area contributed by atoms with Crippen LogP contribution in [0.5, 0.6) is 0 Å². The highest BCUT2D eigenvalue weighted by Gasteiger charge is 2.11. The number of halogens is 1. The van der Waals surface area contributed by atoms with Crippen molar-refractivity contribution in [1.82, 2.24) is 4.98 Å². The second-order valence-electron chi connectivity index (χ2n) is 3.07. The minimum atomic E-state index is -0.957. The van der Waals surface area contributed by atoms with Gasteiger partial charge in [-0.05, 0) is 33.5 Å². The molecule has 0 saturated carbocycles. The van der Waals surface area contributed by atoms with Gasteiger partial charge in [0.25, 0.3) is 0 Å². The van der Waals surface area contributed by atoms with Gasteiger partial charge < -0.3 is 5.11 Å². The van der Waals surface area contributed by atoms with Crippen LogP contribution in [0.3, 0.4) is 0 Å². The zero-order valence-electron chi connectivity index (χ0n) is 7.41. The highest BCUT2D eigenvalue weighted by molar-refractivity contribution is 9.10. The summed E-state index contributed by atoms with van der Waals surface area (Å²) in [5, 5.41) is 8.80. The monoisotopic (exact) mass is 243 g/mol. The van der Waals surface area contributed by atoms with Crippen LogP contribution in [0.4, 0.5) is 0 Å². The molecule has 3 nitrogen and oxygen atoms in total. The average molecular weight is 244 g/mol. The Kier molecular flexibility index (Phi) is 3.03. The smallest absolute Gasteiger partial charge is 0.338 e. The number of aromatic carboxylic acids is 1. The Labute approximate surface area is 84.9 Å². The quantitative estimate of drug-likeness (QED) is 0.813. The van der Waals surface area contributed by atoms with Crippen molar-refractivity contribution in [1.29, 1.82) is 0 Å². The Balaban J connectivity index is 3.19. The Hall–Kier alpha value is -0.900. The summed E-state index contributed by atoms with van der Waals surface area (Å²) in [4.78, 5) is 14.7. The second-order valence-corrected chi connectivity index (χ2v) is 3.82. The zero-order valence-corrected chi connectivity index (χ0v) is 9.00. The lowest BCUT2D eigenvalue weighted by Gasteiger charge is -2.06. The molecular weight excluding hydrogens is 234 g/mol. The van der Waals surface area contributed by atoms with Crippen molar-refractivity contribution in [3.63, 3.8) is 0 Å². The zero-order chi connectivity index (χ0) is 10.0. The van der Waals surface area contributed by atoms with Crippen LogP contribution in [0.25, 0.3) is 0 Å². The van der Waals surface area contributed by atoms with Gasteiger partial charge in [-0.25, -0.2) is 9.78 Å². The third kappa shape index (κ3) is 2.28. The number of nitrogens with zero attached hydrogens (tertiary/aromatic N) is 1. The van der Waals surface area contributed by atoms with E-state index < -0.39 is 5.97 Å². The van der Waals surface area contributed by atoms with Crippen molar-refractivity contribution >= 4 is 21.9 Å². The van der Waals surface area contributed by atoms with Crippen LogP contribution in [0.15, 0.2) is 16.9 Å². The van der Waals surface area contributed by atoms with Crippen LogP contribution in [0, 0.1) is 0 Å². The standard InChI is InChI=1S/C9H10BrNO2/c1-5(2)6-3-7(9(12)13)8(10)11-4-6/h3-5H,1-2H3,(H,12,13). The van der Waals surface area contributed by atoms with Crippen molar-refractivity contribution in [2.24, 2.45) is 0 Å². The summed E-state index contributed by atoms with van der Waals surface area (Å²) in [6.45, 7) is 3.99. The molecule has 0 spiro atoms. The van der Waals surface area contributed by atoms with E-state index in [0.717, 1.165) is 5.56 Å². The predicted octanol–water partition coefficient (Wildman–Crippen LogP) is 2.67. The first-order valence-electron chi connectivity index (χ1n) is 3.91. The molecule has 0 aromatic carbocycles. The molecule has 4 heteroatoms. The molecular formula is C9H10BrNO2. The van der Waals surface area contributed by atoms with Crippen LogP contribution in [-0.4, -0.2) is 16.1 Å². The van der Waals surface area contributed by atoms with E-state index in [4.69, 9.17) is 5.11 Å². The molecule has 0 saturated heterocycles. The number of hydrogen-bond acceptors (Lipinski definition) is 2. The molecule has 1 rings (SSSR count). The lowest BCUT2D eigenvalue weighted by molar-refractivity contribution is 0.0695. The maximum Gasteiger partial charge on any atom is 0.338 e. The highest BCUT2D eigenvalue weighted by Crippen LogP contribution is 2.19. The number of carboxylic acids is 1. The minimum absolute atomic E-state index is 0.214. The third-order valence-electron chi connectivity index (χ3n) is 1.76. The minimum Gasteiger partial charge on any atom is -0.478 e. The molecule has 0 aliphatic heterocycles. The van der Waals surface area contributed by atoms with Gasteiger partial charge >= 0.3 is 5.97 Å². The van der Waals surface area contributed by atoms with Crippen molar-refractivity contribution in [2.45, 2.75) is 19.8 Å². The second kappa shape index (κ2) is 3.87. The fourth-order valence-corrected chi connectivity index (χ4v) is 1.32. The molecule has 1 N–H and O–H groups in total. The fraction of sp³-hybridized carbons (Fsp3) is 0.333. The molecule has 0 bridgehead atoms. The Morgan fingerprint density at radius 2 is 2.23 bits per heavy atom. The van der Waals surface area contributed by atoms with E-state index in [1.54, 1.807) is 12.3 Å². The van der Waals surface area contributed by atoms with Gasteiger partial charge in [0.1, 0.15) is 4.60 Å². The molecule has 1 aromatic rings. The van der Waals surface area contributed by atoms with Gasteiger partial charge in [0.15, 0.2) is 0 Å². The fourth-order valence-electron chi connectivity index (χ4n) is 0.930. The van der Waals surface area contributed by atoms with Crippen molar-refractivity contribution in [3.8, 4) is 0 Å². The first kappa shape index (κ1) is 10.2. The lowest BCUT2D eigenvalue weighted by atomic mass is 10.0. The van der Waals surface area contributed by atoms with Crippen molar-refractivity contribution in [3.05, 3.63) is 28.0 Å². The summed E-state index contributed by atoms with van der Waals surface area (Å²) in [5.74, 6) is -0.666. The molecule has 0 aliphatic rings. The number of pyridine rings is 1. The molecule has 0 fully saturated rings. The summed E-state index contributed by atoms with van der Waals surface area (Å²) < 4.78 is 0.379. The van der Waals surface area contributed by atoms with Crippen LogP contribution in [0.1, 0.15) is 35.7 Å². The maximum atomic E-state index is 10.7. The third-order valence-corrected chi connectivity index (χ3v) is 2.39. The van der Waals surface area contributed by atoms with Gasteiger partial charge in [-0.1, -0.05) is 13.8 Å². The Morgan fingerprint density at radius 1 is 1.62 bits per heavy atom. The van der Waals surface area contributed by atoms with E-state index in [1.807, 2.05) is 13.8 Å². The number of carboxylic acid groups (broad SMARTS) is 1. The number of rotatable bonds is 2. The highest BCUT2D eigenvalue weighted by atomic mass is 79.9. The summed E-state index contributed by atoms with van der Waals surface area (Å²) in [6, 6.07) is 1.64. The summed E-state index contributed by atoms with van der Waals surface area (Å²) >= 11 is 3.09. The van der Waals surface area contributed by atoms with Crippen LogP contribution < -0.4 is 0 Å². The predicted molar refractivity (Wildman–Crippen MR) is 53.0 cm³/mol. The normalized spacial score (nSPS) is 10.5. The maximum absolute atomic E-state index is 10.7. The Bertz CT molecular complexity index is 336. The molecule has 13 heavy (non-hydrogen) atoms. The van der Waals surface area contributed by atoms with Gasteiger partial charge in [0.2, 0.25) is 0 Å². The molecule has 1 aromatic heterocycles. The SMILES string of the molecule is CC(C)c1cnc(Br)c(C(=O)O)c1. The molecule has 0 unspecified atom stereocenters. The van der Waals surface area contributed by atoms with Crippen LogP contribution >= 0.6 is 15.9 Å². The van der Waals surface area contributed by atoms with E-state index in [0.29, 0.717) is 10.5 Å². The van der Waals surface area contributed by atoms with E-state index in [1.165, 1.54) is 0 Å². The summed E-state index contributed by atoms with van der Waals surface area (Å²) in [7, 11) is 0. The summed E-state index contributed by atoms with van der Waals surface area (Å²) in [5.41, 5.74) is 1.15. The largest absolute Gasteiger partial charge is 0.478 e. The van der Waals surface area contributed by atoms with Gasteiger partial charge in [0.05, 0.1) is 5.56 Å². The number of aromatic nitrogens is 1. The molecule has 0 radical (unpaired) electrons. The van der Waals surface area contributed by atoms with Gasteiger partial charge in [-0.2, -0.15) is 0 Å². The first-order valence-corrected chi connectivity index (χ1v) is 4.70. The first-order chi connectivity index (χ1) is 6.02. The van der Waals surface area contributed by atoms with Crippen LogP contribution in [0.2, 0.25) is 0 Å². The topological polar surface area (TPSA) is 50.2 Å². The van der Waals surface area contributed by atoms with E-state index in [9.17, 15) is 4.79 Å². The number of hydrogen-bond donors (Lipinski definition) is 1.